The van der Waals surface area contributed by atoms with Crippen LogP contribution in [0, 0.1) is 5.92 Å². The number of nitrogens with zero attached hydrogens (tertiary/aromatic N) is 1. The van der Waals surface area contributed by atoms with Gasteiger partial charge in [0.2, 0.25) is 11.8 Å². The molecule has 9 nitrogen and oxygen atoms in total. The monoisotopic (exact) mass is 712 g/mol. The highest BCUT2D eigenvalue weighted by Crippen LogP contribution is 2.26. The van der Waals surface area contributed by atoms with Crippen LogP contribution >= 0.6 is 0 Å². The van der Waals surface area contributed by atoms with Gasteiger partial charge in [-0.2, -0.15) is 0 Å². The van der Waals surface area contributed by atoms with Crippen LogP contribution in [0.5, 0.6) is 0 Å². The molecule has 1 aliphatic rings. The Balaban J connectivity index is 2.69. The van der Waals surface area contributed by atoms with Crippen molar-refractivity contribution in [3.05, 3.63) is 0 Å². The average molecular weight is 712 g/mol. The Morgan fingerprint density at radius 3 is 1.46 bits per heavy atom. The number of nitrogens with two attached hydrogens (primary N) is 1. The van der Waals surface area contributed by atoms with Gasteiger partial charge in [-0.3, -0.25) is 9.59 Å². The molecule has 9 heteroatoms. The predicted molar refractivity (Wildman–Crippen MR) is 206 cm³/mol. The molecule has 1 aliphatic heterocycles. The maximum atomic E-state index is 13.8. The van der Waals surface area contributed by atoms with Crippen LogP contribution in [0.2, 0.25) is 0 Å². The van der Waals surface area contributed by atoms with E-state index < -0.39 is 49.1 Å². The zero-order valence-electron chi connectivity index (χ0n) is 32.9. The van der Waals surface area contributed by atoms with Crippen LogP contribution in [0.15, 0.2) is 0 Å². The highest BCUT2D eigenvalue weighted by atomic mass is 16.5. The standard InChI is InChI=1S/C41H81N3O6/c1-5-7-9-11-13-15-16-17-18-19-20-21-23-25-27-29-31-44(35(46)30-28-26-24-22-14-12-10-8-6-2)41-37(43-40(49)36(42)33(3)4)39(48)38(47)34(32-45)50-41/h33-34,36-39,41,45,47-48H,5-32,42H2,1-4H3,(H,43,49)/t34-,36+,37-,38-,39-,41-/m1/s1. The lowest BCUT2D eigenvalue weighted by Crippen LogP contribution is -2.69. The van der Waals surface area contributed by atoms with Gasteiger partial charge in [-0.05, 0) is 18.8 Å². The molecule has 2 amide bonds. The first-order chi connectivity index (χ1) is 24.2. The maximum Gasteiger partial charge on any atom is 0.237 e. The smallest absolute Gasteiger partial charge is 0.237 e. The fourth-order valence-electron chi connectivity index (χ4n) is 7.04. The van der Waals surface area contributed by atoms with Crippen LogP contribution in [-0.4, -0.2) is 81.8 Å². The van der Waals surface area contributed by atoms with Crippen molar-refractivity contribution in [2.75, 3.05) is 13.2 Å². The molecule has 0 aromatic carbocycles. The number of nitrogens with one attached hydrogen (secondary N) is 1. The summed E-state index contributed by atoms with van der Waals surface area (Å²) >= 11 is 0. The molecule has 50 heavy (non-hydrogen) atoms. The van der Waals surface area contributed by atoms with Gasteiger partial charge < -0.3 is 36.0 Å². The van der Waals surface area contributed by atoms with Crippen molar-refractivity contribution in [3.63, 3.8) is 0 Å². The Hall–Kier alpha value is -1.26. The molecule has 296 valence electrons. The highest BCUT2D eigenvalue weighted by molar-refractivity contribution is 5.82. The summed E-state index contributed by atoms with van der Waals surface area (Å²) in [6.07, 6.45) is 25.9. The van der Waals surface area contributed by atoms with E-state index in [4.69, 9.17) is 10.5 Å². The van der Waals surface area contributed by atoms with Crippen molar-refractivity contribution >= 4 is 11.8 Å². The van der Waals surface area contributed by atoms with Crippen molar-refractivity contribution in [2.24, 2.45) is 11.7 Å². The number of aliphatic hydroxyl groups excluding tert-OH is 3. The number of hydrogen-bond donors (Lipinski definition) is 5. The van der Waals surface area contributed by atoms with E-state index in [9.17, 15) is 24.9 Å². The van der Waals surface area contributed by atoms with Crippen LogP contribution in [0.1, 0.15) is 195 Å². The molecule has 6 N–H and O–H groups in total. The molecule has 0 aliphatic carbocycles. The van der Waals surface area contributed by atoms with E-state index >= 15 is 0 Å². The molecular weight excluding hydrogens is 630 g/mol. The van der Waals surface area contributed by atoms with Gasteiger partial charge in [-0.25, -0.2) is 0 Å². The van der Waals surface area contributed by atoms with E-state index in [1.54, 1.807) is 4.90 Å². The van der Waals surface area contributed by atoms with Gasteiger partial charge in [-0.1, -0.05) is 175 Å². The molecule has 1 rings (SSSR count). The number of rotatable bonds is 32. The molecule has 0 unspecified atom stereocenters. The van der Waals surface area contributed by atoms with Crippen LogP contribution in [-0.2, 0) is 14.3 Å². The molecule has 0 radical (unpaired) electrons. The van der Waals surface area contributed by atoms with Gasteiger partial charge in [0.25, 0.3) is 0 Å². The van der Waals surface area contributed by atoms with Crippen molar-refractivity contribution in [1.82, 2.24) is 10.2 Å². The maximum absolute atomic E-state index is 13.8. The lowest BCUT2D eigenvalue weighted by atomic mass is 9.94. The van der Waals surface area contributed by atoms with E-state index in [0.29, 0.717) is 13.0 Å². The predicted octanol–water partition coefficient (Wildman–Crippen LogP) is 7.90. The Labute approximate surface area is 307 Å². The molecule has 0 aromatic rings. The van der Waals surface area contributed by atoms with Gasteiger partial charge in [0.05, 0.1) is 12.6 Å². The van der Waals surface area contributed by atoms with Crippen molar-refractivity contribution in [1.29, 1.82) is 0 Å². The van der Waals surface area contributed by atoms with Gasteiger partial charge in [0.15, 0.2) is 6.23 Å². The highest BCUT2D eigenvalue weighted by Gasteiger charge is 2.48. The minimum absolute atomic E-state index is 0.0911. The third-order valence-corrected chi connectivity index (χ3v) is 10.6. The van der Waals surface area contributed by atoms with Gasteiger partial charge in [0, 0.05) is 13.0 Å². The third-order valence-electron chi connectivity index (χ3n) is 10.6. The summed E-state index contributed by atoms with van der Waals surface area (Å²) in [6, 6.07) is -1.89. The quantitative estimate of drug-likeness (QED) is 0.0446. The fourth-order valence-corrected chi connectivity index (χ4v) is 7.04. The minimum Gasteiger partial charge on any atom is -0.394 e. The molecule has 0 bridgehead atoms. The summed E-state index contributed by atoms with van der Waals surface area (Å²) < 4.78 is 6.12. The molecule has 1 saturated heterocycles. The third kappa shape index (κ3) is 20.1. The van der Waals surface area contributed by atoms with E-state index in [1.165, 1.54) is 122 Å². The molecule has 0 spiro atoms. The van der Waals surface area contributed by atoms with E-state index in [-0.39, 0.29) is 11.8 Å². The number of amides is 2. The number of hydrogen-bond acceptors (Lipinski definition) is 7. The molecule has 0 aromatic heterocycles. The summed E-state index contributed by atoms with van der Waals surface area (Å²) in [4.78, 5) is 28.5. The molecule has 1 heterocycles. The second-order valence-corrected chi connectivity index (χ2v) is 15.5. The van der Waals surface area contributed by atoms with E-state index in [2.05, 4.69) is 19.2 Å². The van der Waals surface area contributed by atoms with Gasteiger partial charge >= 0.3 is 0 Å². The number of carbonyl (C=O) groups excluding carboxylic acids is 2. The normalized spacial score (nSPS) is 21.4. The lowest BCUT2D eigenvalue weighted by Gasteiger charge is -2.47. The van der Waals surface area contributed by atoms with Crippen LogP contribution < -0.4 is 11.1 Å². The molecular formula is C41H81N3O6. The van der Waals surface area contributed by atoms with Crippen LogP contribution in [0.3, 0.4) is 0 Å². The molecule has 1 fully saturated rings. The average Bonchev–Trinajstić information content (AvgIpc) is 3.10. The minimum atomic E-state index is -1.43. The molecule has 6 atom stereocenters. The fraction of sp³-hybridized carbons (Fsp3) is 0.951. The van der Waals surface area contributed by atoms with Crippen molar-refractivity contribution < 1.29 is 29.6 Å². The Morgan fingerprint density at radius 1 is 0.660 bits per heavy atom. The van der Waals surface area contributed by atoms with E-state index in [0.717, 1.165) is 38.5 Å². The summed E-state index contributed by atoms with van der Waals surface area (Å²) in [7, 11) is 0. The van der Waals surface area contributed by atoms with Crippen LogP contribution in [0.4, 0.5) is 0 Å². The largest absolute Gasteiger partial charge is 0.394 e. The number of ether oxygens (including phenoxy) is 1. The zero-order valence-corrected chi connectivity index (χ0v) is 32.9. The lowest BCUT2D eigenvalue weighted by molar-refractivity contribution is -0.231. The SMILES string of the molecule is CCCCCCCCCCCCCCCCCCN(C(=O)CCCCCCCCCCC)[C@@H]1O[C@H](CO)[C@@H](O)[C@H](O)[C@H]1NC(=O)[C@@H](N)C(C)C. The van der Waals surface area contributed by atoms with Gasteiger partial charge in [-0.15, -0.1) is 0 Å². The number of aliphatic hydroxyl groups is 3. The summed E-state index contributed by atoms with van der Waals surface area (Å²) in [5.41, 5.74) is 6.12. The second-order valence-electron chi connectivity index (χ2n) is 15.5. The number of carbonyl (C=O) groups is 2. The Morgan fingerprint density at radius 2 is 1.06 bits per heavy atom. The second kappa shape index (κ2) is 30.2. The van der Waals surface area contributed by atoms with Crippen LogP contribution in [0.25, 0.3) is 0 Å². The van der Waals surface area contributed by atoms with Crippen molar-refractivity contribution in [2.45, 2.75) is 231 Å². The number of unbranched alkanes of at least 4 members (excludes halogenated alkanes) is 23. The summed E-state index contributed by atoms with van der Waals surface area (Å²) in [5, 5.41) is 34.6. The topological polar surface area (TPSA) is 145 Å². The first kappa shape index (κ1) is 46.8. The Bertz CT molecular complexity index is 830. The van der Waals surface area contributed by atoms with Crippen molar-refractivity contribution in [3.8, 4) is 0 Å². The van der Waals surface area contributed by atoms with Gasteiger partial charge in [0.1, 0.15) is 24.4 Å². The Kier molecular flexibility index (Phi) is 28.3. The first-order valence-electron chi connectivity index (χ1n) is 21.2. The summed E-state index contributed by atoms with van der Waals surface area (Å²) in [5.74, 6) is -0.702. The molecule has 0 saturated carbocycles. The zero-order chi connectivity index (χ0) is 37.0. The summed E-state index contributed by atoms with van der Waals surface area (Å²) in [6.45, 7) is 8.07. The van der Waals surface area contributed by atoms with E-state index in [1.807, 2.05) is 13.8 Å². The first-order valence-corrected chi connectivity index (χ1v) is 21.2.